The van der Waals surface area contributed by atoms with Gasteiger partial charge in [0.2, 0.25) is 0 Å². The van der Waals surface area contributed by atoms with Crippen molar-refractivity contribution in [2.45, 2.75) is 131 Å². The molecule has 7 heteroatoms. The molecule has 10 aromatic carbocycles. The maximum Gasteiger partial charge on any atom is 0.343 e. The van der Waals surface area contributed by atoms with Crippen molar-refractivity contribution in [3.8, 4) is 22.3 Å². The Bertz CT molecular complexity index is 4920. The van der Waals surface area contributed by atoms with Crippen LogP contribution >= 0.6 is 22.7 Å². The molecule has 0 aliphatic carbocycles. The van der Waals surface area contributed by atoms with Gasteiger partial charge in [0.15, 0.2) is 5.58 Å². The molecular formula is C82H78BN3OS2. The molecule has 0 radical (unpaired) electrons. The van der Waals surface area contributed by atoms with Crippen LogP contribution in [0.15, 0.2) is 205 Å². The first-order chi connectivity index (χ1) is 42.3. The summed E-state index contributed by atoms with van der Waals surface area (Å²) in [4.78, 5) is 7.80. The fourth-order valence-electron chi connectivity index (χ4n) is 13.9. The predicted octanol–water partition coefficient (Wildman–Crippen LogP) is 23.5. The van der Waals surface area contributed by atoms with Gasteiger partial charge in [0, 0.05) is 85.4 Å². The summed E-state index contributed by atoms with van der Waals surface area (Å²) in [5.74, 6) is 0. The van der Waals surface area contributed by atoms with Gasteiger partial charge in [0.05, 0.1) is 17.1 Å². The molecule has 2 aliphatic rings. The number of fused-ring (bicyclic) bond motifs is 13. The van der Waals surface area contributed by atoms with E-state index in [2.05, 4.69) is 319 Å². The summed E-state index contributed by atoms with van der Waals surface area (Å²) in [6.07, 6.45) is 0. The molecule has 0 amide bonds. The SMILES string of the molecule is CC(C)(C)c1ccc(N2B3c4sc5ccc(C(C)(C)C)cc5c4N(c4ccc(C(C)(C)C)cc4-c4ccccc4)c4c3c(cc3c4oc4ccccc43)-c3cc4c(cc32)sc2cc(N(c3ccc(C(C)(C)C)cc3)c3ccc(C(C)(C)C)cc3)ccc24)cc1. The van der Waals surface area contributed by atoms with Gasteiger partial charge in [-0.2, -0.15) is 0 Å². The van der Waals surface area contributed by atoms with E-state index in [-0.39, 0.29) is 33.9 Å². The highest BCUT2D eigenvalue weighted by Gasteiger charge is 2.49. The van der Waals surface area contributed by atoms with Gasteiger partial charge >= 0.3 is 6.85 Å². The highest BCUT2D eigenvalue weighted by atomic mass is 32.1. The van der Waals surface area contributed by atoms with Gasteiger partial charge in [-0.05, 0) is 169 Å². The molecule has 89 heavy (non-hydrogen) atoms. The maximum atomic E-state index is 7.45. The molecule has 0 fully saturated rings. The Morgan fingerprint density at radius 2 is 0.910 bits per heavy atom. The number of thiophene rings is 2. The highest BCUT2D eigenvalue weighted by Crippen LogP contribution is 2.56. The molecule has 0 saturated heterocycles. The van der Waals surface area contributed by atoms with Crippen LogP contribution in [0.25, 0.3) is 74.5 Å². The summed E-state index contributed by atoms with van der Waals surface area (Å²) < 4.78 is 12.5. The van der Waals surface area contributed by atoms with Gasteiger partial charge < -0.3 is 19.0 Å². The quantitative estimate of drug-likeness (QED) is 0.155. The second-order valence-electron chi connectivity index (χ2n) is 30.3. The van der Waals surface area contributed by atoms with E-state index in [1.807, 2.05) is 22.7 Å². The Hall–Kier alpha value is -8.36. The number of furan rings is 1. The van der Waals surface area contributed by atoms with E-state index in [1.54, 1.807) is 0 Å². The molecule has 442 valence electrons. The average molecular weight is 1200 g/mol. The number of nitrogens with zero attached hydrogens (tertiary/aromatic N) is 3. The van der Waals surface area contributed by atoms with Crippen LogP contribution in [-0.2, 0) is 27.1 Å². The first kappa shape index (κ1) is 57.1. The summed E-state index contributed by atoms with van der Waals surface area (Å²) in [6.45, 7) is 34.5. The summed E-state index contributed by atoms with van der Waals surface area (Å²) >= 11 is 3.86. The summed E-state index contributed by atoms with van der Waals surface area (Å²) in [5.41, 5.74) is 23.5. The Labute approximate surface area is 534 Å². The minimum absolute atomic E-state index is 0.0256. The minimum Gasteiger partial charge on any atom is -0.454 e. The van der Waals surface area contributed by atoms with Gasteiger partial charge in [-0.25, -0.2) is 0 Å². The van der Waals surface area contributed by atoms with Gasteiger partial charge in [-0.3, -0.25) is 0 Å². The molecular weight excluding hydrogens is 1120 g/mol. The maximum absolute atomic E-state index is 7.45. The normalized spacial score (nSPS) is 13.7. The van der Waals surface area contributed by atoms with Crippen molar-refractivity contribution in [3.05, 3.63) is 228 Å². The number of hydrogen-bond donors (Lipinski definition) is 0. The molecule has 2 aliphatic heterocycles. The van der Waals surface area contributed by atoms with E-state index in [1.165, 1.54) is 102 Å². The van der Waals surface area contributed by atoms with Crippen LogP contribution in [0.4, 0.5) is 45.5 Å². The zero-order valence-corrected chi connectivity index (χ0v) is 55.8. The Kier molecular flexibility index (Phi) is 12.9. The van der Waals surface area contributed by atoms with Crippen molar-refractivity contribution >= 4 is 137 Å². The number of benzene rings is 10. The molecule has 15 rings (SSSR count). The molecule has 0 saturated carbocycles. The van der Waals surface area contributed by atoms with E-state index < -0.39 is 0 Å². The van der Waals surface area contributed by atoms with Crippen molar-refractivity contribution in [2.24, 2.45) is 0 Å². The minimum atomic E-state index is -0.220. The predicted molar refractivity (Wildman–Crippen MR) is 389 cm³/mol. The Morgan fingerprint density at radius 3 is 1.54 bits per heavy atom. The number of para-hydroxylation sites is 1. The first-order valence-corrected chi connectivity index (χ1v) is 33.4. The first-order valence-electron chi connectivity index (χ1n) is 31.7. The number of anilines is 8. The van der Waals surface area contributed by atoms with Gasteiger partial charge in [0.1, 0.15) is 5.58 Å². The zero-order valence-electron chi connectivity index (χ0n) is 54.2. The smallest absolute Gasteiger partial charge is 0.343 e. The molecule has 0 atom stereocenters. The third-order valence-electron chi connectivity index (χ3n) is 19.0. The molecule has 0 spiro atoms. The topological polar surface area (TPSA) is 22.9 Å². The van der Waals surface area contributed by atoms with Gasteiger partial charge in [-0.15, -0.1) is 22.7 Å². The van der Waals surface area contributed by atoms with Crippen LogP contribution in [0, 0.1) is 0 Å². The Morgan fingerprint density at radius 1 is 0.371 bits per heavy atom. The second kappa shape index (κ2) is 20.1. The Balaban J connectivity index is 1.04. The highest BCUT2D eigenvalue weighted by molar-refractivity contribution is 7.32. The lowest BCUT2D eigenvalue weighted by Crippen LogP contribution is -2.60. The standard InChI is InChI=1S/C82H78BN3OS2/c1-78(2,3)50-25-33-55(34-26-50)84(56-35-27-51(28-36-56)79(4,5)6)58-39-40-60-63-46-62-64-47-65-59-23-19-20-24-69(59)87-76(65)75-73(64)83(86(68(62)48-72(63)88-71(60)45-58)57-37-29-52(30-38-57)80(7,8)9)77-74(66-44-54(82(13,14)15)32-42-70(66)89-77)85(75)67-41-31-53(81(10,11)12)43-61(67)49-21-17-16-18-22-49/h16-48H,1-15H3. The van der Waals surface area contributed by atoms with Crippen LogP contribution in [-0.4, -0.2) is 6.85 Å². The molecule has 0 bridgehead atoms. The zero-order chi connectivity index (χ0) is 62.0. The lowest BCUT2D eigenvalue weighted by molar-refractivity contribution is 0.590. The molecule has 0 N–H and O–H groups in total. The third-order valence-corrected chi connectivity index (χ3v) is 21.4. The fourth-order valence-corrected chi connectivity index (χ4v) is 16.3. The van der Waals surface area contributed by atoms with Crippen molar-refractivity contribution in [2.75, 3.05) is 14.6 Å². The summed E-state index contributed by atoms with van der Waals surface area (Å²) in [6, 6.07) is 76.9. The average Bonchev–Trinajstić information content (AvgIpc) is 1.67. The lowest BCUT2D eigenvalue weighted by atomic mass is 9.46. The van der Waals surface area contributed by atoms with Crippen molar-refractivity contribution < 1.29 is 4.42 Å². The molecule has 4 nitrogen and oxygen atoms in total. The monoisotopic (exact) mass is 1200 g/mol. The van der Waals surface area contributed by atoms with Gasteiger partial charge in [-0.1, -0.05) is 207 Å². The van der Waals surface area contributed by atoms with Crippen molar-refractivity contribution in [1.82, 2.24) is 0 Å². The van der Waals surface area contributed by atoms with E-state index in [4.69, 9.17) is 4.42 Å². The van der Waals surface area contributed by atoms with Crippen LogP contribution in [0.2, 0.25) is 0 Å². The fraction of sp³-hybridized carbons (Fsp3) is 0.244. The molecule has 13 aromatic rings. The number of rotatable bonds is 6. The van der Waals surface area contributed by atoms with Crippen molar-refractivity contribution in [3.63, 3.8) is 0 Å². The summed E-state index contributed by atoms with van der Waals surface area (Å²) in [5, 5.41) is 5.99. The second-order valence-corrected chi connectivity index (χ2v) is 32.4. The molecule has 0 unspecified atom stereocenters. The van der Waals surface area contributed by atoms with E-state index in [0.29, 0.717) is 0 Å². The van der Waals surface area contributed by atoms with Crippen LogP contribution < -0.4 is 24.9 Å². The van der Waals surface area contributed by atoms with Crippen LogP contribution in [0.5, 0.6) is 0 Å². The largest absolute Gasteiger partial charge is 0.454 e. The van der Waals surface area contributed by atoms with E-state index in [9.17, 15) is 0 Å². The van der Waals surface area contributed by atoms with Crippen LogP contribution in [0.1, 0.15) is 132 Å². The van der Waals surface area contributed by atoms with Crippen LogP contribution in [0.3, 0.4) is 0 Å². The van der Waals surface area contributed by atoms with E-state index in [0.717, 1.165) is 56.1 Å². The molecule has 5 heterocycles. The lowest BCUT2D eigenvalue weighted by Gasteiger charge is -2.45. The third kappa shape index (κ3) is 9.43. The number of hydrogen-bond acceptors (Lipinski definition) is 6. The van der Waals surface area contributed by atoms with E-state index >= 15 is 0 Å². The summed E-state index contributed by atoms with van der Waals surface area (Å²) in [7, 11) is 0. The molecule has 3 aromatic heterocycles. The van der Waals surface area contributed by atoms with Gasteiger partial charge in [0.25, 0.3) is 0 Å². The van der Waals surface area contributed by atoms with Crippen molar-refractivity contribution in [1.29, 1.82) is 0 Å².